The van der Waals surface area contributed by atoms with Crippen LogP contribution in [0.15, 0.2) is 35.2 Å². The molecule has 1 atom stereocenters. The van der Waals surface area contributed by atoms with Crippen LogP contribution in [0.5, 0.6) is 0 Å². The zero-order chi connectivity index (χ0) is 22.4. The Labute approximate surface area is 178 Å². The van der Waals surface area contributed by atoms with Crippen LogP contribution in [0.4, 0.5) is 24.7 Å². The zero-order valence-electron chi connectivity index (χ0n) is 16.8. The minimum atomic E-state index is -4.74. The fourth-order valence-electron chi connectivity index (χ4n) is 3.81. The number of nitrogens with one attached hydrogen (secondary N) is 2. The molecule has 1 saturated heterocycles. The minimum absolute atomic E-state index is 0.122. The molecule has 7 nitrogen and oxygen atoms in total. The van der Waals surface area contributed by atoms with Gasteiger partial charge in [0.2, 0.25) is 0 Å². The van der Waals surface area contributed by atoms with Gasteiger partial charge in [0, 0.05) is 29.9 Å². The first kappa shape index (κ1) is 21.5. The van der Waals surface area contributed by atoms with E-state index in [4.69, 9.17) is 4.78 Å². The van der Waals surface area contributed by atoms with E-state index < -0.39 is 27.5 Å². The van der Waals surface area contributed by atoms with E-state index in [1.807, 2.05) is 4.90 Å². The van der Waals surface area contributed by atoms with Crippen molar-refractivity contribution in [1.82, 2.24) is 10.2 Å². The summed E-state index contributed by atoms with van der Waals surface area (Å²) in [5.41, 5.74) is -0.880. The first-order valence-corrected chi connectivity index (χ1v) is 11.8. The van der Waals surface area contributed by atoms with Gasteiger partial charge in [-0.25, -0.2) is 8.99 Å². The van der Waals surface area contributed by atoms with Crippen molar-refractivity contribution in [3.05, 3.63) is 41.6 Å². The predicted octanol–water partition coefficient (Wildman–Crippen LogP) is 4.16. The smallest absolute Gasteiger partial charge is 0.354 e. The van der Waals surface area contributed by atoms with Crippen LogP contribution < -0.4 is 10.2 Å². The number of aromatic nitrogens is 2. The zero-order valence-corrected chi connectivity index (χ0v) is 17.6. The van der Waals surface area contributed by atoms with Crippen LogP contribution in [-0.4, -0.2) is 39.7 Å². The number of carbonyl (C=O) groups is 1. The maximum atomic E-state index is 13.2. The number of rotatable bonds is 4. The van der Waals surface area contributed by atoms with E-state index in [-0.39, 0.29) is 22.0 Å². The molecule has 2 N–H and O–H groups in total. The van der Waals surface area contributed by atoms with Crippen molar-refractivity contribution in [2.24, 2.45) is 5.41 Å². The normalized spacial score (nSPS) is 19.7. The molecule has 1 aliphatic carbocycles. The van der Waals surface area contributed by atoms with E-state index in [0.29, 0.717) is 18.5 Å². The molecule has 1 spiro atoms. The number of piperidine rings is 1. The van der Waals surface area contributed by atoms with Crippen LogP contribution in [0.1, 0.15) is 41.7 Å². The summed E-state index contributed by atoms with van der Waals surface area (Å²) >= 11 is 0. The fourth-order valence-corrected chi connectivity index (χ4v) is 4.50. The maximum absolute atomic E-state index is 13.2. The molecule has 31 heavy (non-hydrogen) atoms. The number of hydrogen-bond donors (Lipinski definition) is 2. The van der Waals surface area contributed by atoms with Gasteiger partial charge in [-0.3, -0.25) is 4.79 Å². The summed E-state index contributed by atoms with van der Waals surface area (Å²) in [6.45, 7) is 1.21. The Bertz CT molecular complexity index is 1120. The van der Waals surface area contributed by atoms with Crippen molar-refractivity contribution in [2.75, 3.05) is 29.6 Å². The monoisotopic (exact) mass is 453 g/mol. The molecule has 1 unspecified atom stereocenters. The summed E-state index contributed by atoms with van der Waals surface area (Å²) in [6.07, 6.45) is 0.664. The van der Waals surface area contributed by atoms with Crippen molar-refractivity contribution in [3.8, 4) is 0 Å². The molecule has 0 bridgehead atoms. The quantitative estimate of drug-likeness (QED) is 0.724. The van der Waals surface area contributed by atoms with Gasteiger partial charge >= 0.3 is 6.18 Å². The maximum Gasteiger partial charge on any atom is 0.435 e. The molecule has 2 aliphatic rings. The topological polar surface area (TPSA) is 99.0 Å². The summed E-state index contributed by atoms with van der Waals surface area (Å²) in [5, 5.41) is 9.64. The summed E-state index contributed by atoms with van der Waals surface area (Å²) in [6, 6.07) is 6.63. The molecular weight excluding hydrogens is 431 g/mol. The molecule has 2 aromatic rings. The third kappa shape index (κ3) is 4.65. The molecule has 1 amide bonds. The van der Waals surface area contributed by atoms with Crippen molar-refractivity contribution in [1.29, 1.82) is 4.78 Å². The van der Waals surface area contributed by atoms with E-state index in [1.165, 1.54) is 43.4 Å². The Kier molecular flexibility index (Phi) is 5.19. The van der Waals surface area contributed by atoms with E-state index in [1.54, 1.807) is 0 Å². The fraction of sp³-hybridized carbons (Fsp3) is 0.450. The van der Waals surface area contributed by atoms with Gasteiger partial charge in [-0.15, -0.1) is 10.2 Å². The Hall–Kier alpha value is -2.69. The highest BCUT2D eigenvalue weighted by molar-refractivity contribution is 7.91. The lowest BCUT2D eigenvalue weighted by molar-refractivity contribution is -0.141. The predicted molar refractivity (Wildman–Crippen MR) is 110 cm³/mol. The Morgan fingerprint density at radius 3 is 2.42 bits per heavy atom. The van der Waals surface area contributed by atoms with Crippen LogP contribution in [-0.2, 0) is 15.9 Å². The summed E-state index contributed by atoms with van der Waals surface area (Å²) in [4.78, 5) is 15.0. The molecule has 0 radical (unpaired) electrons. The number of amides is 1. The second-order valence-corrected chi connectivity index (χ2v) is 10.4. The number of nitrogens with zero attached hydrogens (tertiary/aromatic N) is 3. The molecular formula is C20H22F3N5O2S. The van der Waals surface area contributed by atoms with Crippen LogP contribution in [0.25, 0.3) is 0 Å². The van der Waals surface area contributed by atoms with Gasteiger partial charge in [0.25, 0.3) is 5.91 Å². The number of halogens is 3. The lowest BCUT2D eigenvalue weighted by atomic mass is 9.93. The lowest BCUT2D eigenvalue weighted by Crippen LogP contribution is -2.37. The Morgan fingerprint density at radius 2 is 1.84 bits per heavy atom. The average molecular weight is 453 g/mol. The number of anilines is 2. The molecule has 166 valence electrons. The third-order valence-electron chi connectivity index (χ3n) is 5.93. The average Bonchev–Trinajstić information content (AvgIpc) is 3.46. The Morgan fingerprint density at radius 1 is 1.16 bits per heavy atom. The van der Waals surface area contributed by atoms with Crippen LogP contribution in [0.2, 0.25) is 0 Å². The first-order chi connectivity index (χ1) is 14.5. The van der Waals surface area contributed by atoms with Crippen molar-refractivity contribution in [2.45, 2.75) is 36.8 Å². The summed E-state index contributed by atoms with van der Waals surface area (Å²) in [7, 11) is -3.01. The van der Waals surface area contributed by atoms with Gasteiger partial charge in [0.05, 0.1) is 15.3 Å². The second kappa shape index (κ2) is 7.47. The van der Waals surface area contributed by atoms with E-state index in [0.717, 1.165) is 18.9 Å². The van der Waals surface area contributed by atoms with Crippen molar-refractivity contribution < 1.29 is 22.2 Å². The third-order valence-corrected chi connectivity index (χ3v) is 7.09. The molecule has 11 heteroatoms. The van der Waals surface area contributed by atoms with E-state index in [9.17, 15) is 22.2 Å². The highest BCUT2D eigenvalue weighted by atomic mass is 32.2. The molecule has 2 fully saturated rings. The van der Waals surface area contributed by atoms with Gasteiger partial charge < -0.3 is 10.2 Å². The first-order valence-electron chi connectivity index (χ1n) is 9.82. The van der Waals surface area contributed by atoms with Gasteiger partial charge in [-0.1, -0.05) is 6.07 Å². The molecule has 1 aliphatic heterocycles. The standard InChI is InChI=1S/C20H22F3N5O2S/c1-31(24,30)14-4-2-3-13(11-14)25-18(29)15-12-16(20(21,22)23)26-27-17(15)28-9-7-19(5-6-19)8-10-28/h2-4,11-12,24H,5-10H2,1H3,(H,25,29). The van der Waals surface area contributed by atoms with Gasteiger partial charge in [-0.05, 0) is 55.4 Å². The van der Waals surface area contributed by atoms with Crippen LogP contribution >= 0.6 is 0 Å². The highest BCUT2D eigenvalue weighted by Gasteiger charge is 2.45. The van der Waals surface area contributed by atoms with Gasteiger partial charge in [0.1, 0.15) is 0 Å². The molecule has 1 aromatic heterocycles. The largest absolute Gasteiger partial charge is 0.435 e. The number of carbonyl (C=O) groups excluding carboxylic acids is 1. The van der Waals surface area contributed by atoms with Crippen LogP contribution in [0, 0.1) is 10.2 Å². The summed E-state index contributed by atoms with van der Waals surface area (Å²) in [5.74, 6) is -0.649. The highest BCUT2D eigenvalue weighted by Crippen LogP contribution is 2.54. The lowest BCUT2D eigenvalue weighted by Gasteiger charge is -2.33. The SMILES string of the molecule is CS(=N)(=O)c1cccc(NC(=O)c2cc(C(F)(F)F)nnc2N2CCC3(CC2)CC3)c1. The van der Waals surface area contributed by atoms with Crippen molar-refractivity contribution >= 4 is 27.1 Å². The number of alkyl halides is 3. The number of benzene rings is 1. The van der Waals surface area contributed by atoms with Crippen molar-refractivity contribution in [3.63, 3.8) is 0 Å². The Balaban J connectivity index is 1.65. The second-order valence-electron chi connectivity index (χ2n) is 8.28. The number of hydrogen-bond acceptors (Lipinski definition) is 6. The molecule has 2 heterocycles. The van der Waals surface area contributed by atoms with E-state index in [2.05, 4.69) is 15.5 Å². The van der Waals surface area contributed by atoms with E-state index >= 15 is 0 Å². The van der Waals surface area contributed by atoms with Crippen LogP contribution in [0.3, 0.4) is 0 Å². The van der Waals surface area contributed by atoms with Gasteiger partial charge in [0.15, 0.2) is 11.5 Å². The molecule has 1 saturated carbocycles. The molecule has 1 aromatic carbocycles. The molecule has 4 rings (SSSR count). The summed E-state index contributed by atoms with van der Waals surface area (Å²) < 4.78 is 59.3. The minimum Gasteiger partial charge on any atom is -0.354 e. The van der Waals surface area contributed by atoms with Gasteiger partial charge in [-0.2, -0.15) is 13.2 Å².